The topological polar surface area (TPSA) is 57.2 Å². The van der Waals surface area contributed by atoms with Crippen LogP contribution in [0.5, 0.6) is 0 Å². The maximum absolute atomic E-state index is 12.3. The minimum absolute atomic E-state index is 0.123. The van der Waals surface area contributed by atoms with Crippen molar-refractivity contribution in [3.8, 4) is 6.07 Å². The van der Waals surface area contributed by atoms with E-state index in [0.717, 1.165) is 35.9 Å². The highest BCUT2D eigenvalue weighted by atomic mass is 32.2. The normalized spacial score (nSPS) is 14.7. The van der Waals surface area contributed by atoms with Crippen LogP contribution in [-0.2, 0) is 4.79 Å². The lowest BCUT2D eigenvalue weighted by atomic mass is 10.2. The van der Waals surface area contributed by atoms with E-state index in [-0.39, 0.29) is 11.5 Å². The Morgan fingerprint density at radius 2 is 1.92 bits per heavy atom. The molecule has 5 heteroatoms. The summed E-state index contributed by atoms with van der Waals surface area (Å²) in [5, 5.41) is 10.0. The van der Waals surface area contributed by atoms with Crippen molar-refractivity contribution in [3.05, 3.63) is 53.3 Å². The van der Waals surface area contributed by atoms with Gasteiger partial charge in [-0.1, -0.05) is 29.5 Å². The molecule has 0 spiro atoms. The van der Waals surface area contributed by atoms with Crippen molar-refractivity contribution in [2.45, 2.75) is 29.8 Å². The van der Waals surface area contributed by atoms with Gasteiger partial charge in [0.1, 0.15) is 17.4 Å². The number of carbonyl (C=O) groups is 1. The van der Waals surface area contributed by atoms with Crippen molar-refractivity contribution in [1.82, 2.24) is 4.90 Å². The summed E-state index contributed by atoms with van der Waals surface area (Å²) in [5.41, 5.74) is 1.33. The van der Waals surface area contributed by atoms with E-state index >= 15 is 0 Å². The summed E-state index contributed by atoms with van der Waals surface area (Å²) in [6, 6.07) is 13.8. The first kappa shape index (κ1) is 16.4. The van der Waals surface area contributed by atoms with E-state index in [1.807, 2.05) is 31.2 Å². The summed E-state index contributed by atoms with van der Waals surface area (Å²) in [6.45, 7) is 3.50. The third-order valence-corrected chi connectivity index (χ3v) is 4.80. The lowest BCUT2D eigenvalue weighted by Crippen LogP contribution is -2.28. The molecule has 122 valence electrons. The first-order chi connectivity index (χ1) is 11.7. The average molecular weight is 338 g/mol. The van der Waals surface area contributed by atoms with Gasteiger partial charge < -0.3 is 9.32 Å². The minimum Gasteiger partial charge on any atom is -0.450 e. The van der Waals surface area contributed by atoms with Gasteiger partial charge in [0, 0.05) is 24.1 Å². The number of amides is 1. The standard InChI is InChI=1S/C19H18N2O2S/c1-14-4-7-17(8-5-14)24-18-9-6-16(23-18)12-15(13-20)19(22)21-10-2-3-11-21/h4-9,12H,2-3,10-11H2,1H3/b15-12+. The van der Waals surface area contributed by atoms with Crippen LogP contribution in [-0.4, -0.2) is 23.9 Å². The third-order valence-electron chi connectivity index (χ3n) is 3.87. The Bertz CT molecular complexity index is 794. The van der Waals surface area contributed by atoms with Gasteiger partial charge in [-0.3, -0.25) is 4.79 Å². The molecule has 1 aliphatic heterocycles. The molecule has 0 atom stereocenters. The number of nitriles is 1. The minimum atomic E-state index is -0.209. The van der Waals surface area contributed by atoms with Gasteiger partial charge in [0.05, 0.1) is 0 Å². The molecule has 1 amide bonds. The van der Waals surface area contributed by atoms with Crippen molar-refractivity contribution in [3.63, 3.8) is 0 Å². The van der Waals surface area contributed by atoms with Crippen LogP contribution >= 0.6 is 11.8 Å². The first-order valence-corrected chi connectivity index (χ1v) is 8.73. The van der Waals surface area contributed by atoms with Crippen molar-refractivity contribution in [2.75, 3.05) is 13.1 Å². The number of likely N-dealkylation sites (tertiary alicyclic amines) is 1. The summed E-state index contributed by atoms with van der Waals surface area (Å²) in [5.74, 6) is 0.313. The molecule has 0 saturated carbocycles. The van der Waals surface area contributed by atoms with Crippen LogP contribution < -0.4 is 0 Å². The lowest BCUT2D eigenvalue weighted by Gasteiger charge is -2.13. The zero-order valence-corrected chi connectivity index (χ0v) is 14.3. The quantitative estimate of drug-likeness (QED) is 0.617. The van der Waals surface area contributed by atoms with Crippen molar-refractivity contribution < 1.29 is 9.21 Å². The fourth-order valence-corrected chi connectivity index (χ4v) is 3.34. The Hall–Kier alpha value is -2.45. The number of aryl methyl sites for hydroxylation is 1. The van der Waals surface area contributed by atoms with Crippen LogP contribution in [0.3, 0.4) is 0 Å². The van der Waals surface area contributed by atoms with E-state index in [9.17, 15) is 10.1 Å². The summed E-state index contributed by atoms with van der Waals surface area (Å²) in [4.78, 5) is 15.1. The Kier molecular flexibility index (Phi) is 5.07. The van der Waals surface area contributed by atoms with E-state index in [0.29, 0.717) is 5.76 Å². The van der Waals surface area contributed by atoms with Crippen LogP contribution in [0.4, 0.5) is 0 Å². The third kappa shape index (κ3) is 3.90. The van der Waals surface area contributed by atoms with Gasteiger partial charge in [0.15, 0.2) is 5.09 Å². The van der Waals surface area contributed by atoms with E-state index in [4.69, 9.17) is 4.42 Å². The zero-order chi connectivity index (χ0) is 16.9. The molecule has 0 N–H and O–H groups in total. The van der Waals surface area contributed by atoms with E-state index in [1.165, 1.54) is 23.4 Å². The molecule has 0 unspecified atom stereocenters. The predicted molar refractivity (Wildman–Crippen MR) is 93.4 cm³/mol. The highest BCUT2D eigenvalue weighted by molar-refractivity contribution is 7.99. The Morgan fingerprint density at radius 1 is 1.21 bits per heavy atom. The van der Waals surface area contributed by atoms with Crippen LogP contribution in [0.1, 0.15) is 24.2 Å². The predicted octanol–water partition coefficient (Wildman–Crippen LogP) is 4.27. The Balaban J connectivity index is 1.72. The second-order valence-electron chi connectivity index (χ2n) is 5.74. The van der Waals surface area contributed by atoms with Gasteiger partial charge in [-0.2, -0.15) is 5.26 Å². The fourth-order valence-electron chi connectivity index (χ4n) is 2.56. The SMILES string of the molecule is Cc1ccc(Sc2ccc(/C=C(\C#N)C(=O)N3CCCC3)o2)cc1. The summed E-state index contributed by atoms with van der Waals surface area (Å²) in [6.07, 6.45) is 3.53. The monoisotopic (exact) mass is 338 g/mol. The number of benzene rings is 1. The molecule has 24 heavy (non-hydrogen) atoms. The highest BCUT2D eigenvalue weighted by Gasteiger charge is 2.21. The molecule has 4 nitrogen and oxygen atoms in total. The van der Waals surface area contributed by atoms with Crippen LogP contribution in [0.2, 0.25) is 0 Å². The summed E-state index contributed by atoms with van der Waals surface area (Å²) >= 11 is 1.51. The number of hydrogen-bond acceptors (Lipinski definition) is 4. The molecule has 2 aromatic rings. The lowest BCUT2D eigenvalue weighted by molar-refractivity contribution is -0.125. The number of rotatable bonds is 4. The molecule has 0 radical (unpaired) electrons. The number of furan rings is 1. The highest BCUT2D eigenvalue weighted by Crippen LogP contribution is 2.30. The molecule has 0 aliphatic carbocycles. The second kappa shape index (κ2) is 7.41. The number of carbonyl (C=O) groups excluding carboxylic acids is 1. The molecular weight excluding hydrogens is 320 g/mol. The van der Waals surface area contributed by atoms with Gasteiger partial charge in [0.25, 0.3) is 5.91 Å². The Labute approximate surface area is 145 Å². The fraction of sp³-hybridized carbons (Fsp3) is 0.263. The maximum Gasteiger partial charge on any atom is 0.264 e. The number of hydrogen-bond donors (Lipinski definition) is 0. The van der Waals surface area contributed by atoms with Crippen molar-refractivity contribution in [1.29, 1.82) is 5.26 Å². The molecule has 2 heterocycles. The molecule has 1 saturated heterocycles. The molecular formula is C19H18N2O2S. The van der Waals surface area contributed by atoms with Crippen LogP contribution in [0, 0.1) is 18.3 Å². The van der Waals surface area contributed by atoms with Crippen LogP contribution in [0.15, 0.2) is 56.4 Å². The second-order valence-corrected chi connectivity index (χ2v) is 6.82. The molecule has 1 fully saturated rings. The van der Waals surface area contributed by atoms with Crippen molar-refractivity contribution in [2.24, 2.45) is 0 Å². The first-order valence-electron chi connectivity index (χ1n) is 7.91. The van der Waals surface area contributed by atoms with E-state index in [1.54, 1.807) is 11.0 Å². The average Bonchev–Trinajstić information content (AvgIpc) is 3.26. The Morgan fingerprint density at radius 3 is 2.58 bits per heavy atom. The molecule has 0 bridgehead atoms. The van der Waals surface area contributed by atoms with E-state index < -0.39 is 0 Å². The molecule has 1 aromatic carbocycles. The van der Waals surface area contributed by atoms with E-state index in [2.05, 4.69) is 12.1 Å². The summed E-state index contributed by atoms with van der Waals surface area (Å²) in [7, 11) is 0. The largest absolute Gasteiger partial charge is 0.450 e. The smallest absolute Gasteiger partial charge is 0.264 e. The van der Waals surface area contributed by atoms with Crippen LogP contribution in [0.25, 0.3) is 6.08 Å². The van der Waals surface area contributed by atoms with Gasteiger partial charge >= 0.3 is 0 Å². The van der Waals surface area contributed by atoms with Gasteiger partial charge in [0.2, 0.25) is 0 Å². The van der Waals surface area contributed by atoms with Gasteiger partial charge in [-0.25, -0.2) is 0 Å². The maximum atomic E-state index is 12.3. The molecule has 1 aromatic heterocycles. The zero-order valence-electron chi connectivity index (χ0n) is 13.5. The molecule has 1 aliphatic rings. The number of nitrogens with zero attached hydrogens (tertiary/aromatic N) is 2. The van der Waals surface area contributed by atoms with Gasteiger partial charge in [-0.05, 0) is 44.0 Å². The van der Waals surface area contributed by atoms with Crippen molar-refractivity contribution >= 4 is 23.7 Å². The molecule has 3 rings (SSSR count). The van der Waals surface area contributed by atoms with Gasteiger partial charge in [-0.15, -0.1) is 0 Å². The summed E-state index contributed by atoms with van der Waals surface area (Å²) < 4.78 is 5.73.